The highest BCUT2D eigenvalue weighted by atomic mass is 16.3. The third-order valence-corrected chi connectivity index (χ3v) is 5.70. The highest BCUT2D eigenvalue weighted by molar-refractivity contribution is 6.11. The van der Waals surface area contributed by atoms with Gasteiger partial charge in [0.25, 0.3) is 17.4 Å². The van der Waals surface area contributed by atoms with Crippen molar-refractivity contribution in [2.24, 2.45) is 13.0 Å². The quantitative estimate of drug-likeness (QED) is 0.672. The van der Waals surface area contributed by atoms with E-state index in [9.17, 15) is 19.5 Å². The van der Waals surface area contributed by atoms with Crippen LogP contribution in [0.4, 0.5) is 5.69 Å². The lowest BCUT2D eigenvalue weighted by molar-refractivity contribution is 0.0650. The zero-order chi connectivity index (χ0) is 22.0. The van der Waals surface area contributed by atoms with E-state index < -0.39 is 5.91 Å². The Morgan fingerprint density at radius 3 is 2.52 bits per heavy atom. The fourth-order valence-electron chi connectivity index (χ4n) is 3.89. The number of rotatable bonds is 4. The number of aliphatic hydroxyl groups is 1. The lowest BCUT2D eigenvalue weighted by Crippen LogP contribution is -2.39. The van der Waals surface area contributed by atoms with E-state index >= 15 is 0 Å². The van der Waals surface area contributed by atoms with Crippen LogP contribution in [-0.2, 0) is 7.05 Å². The molecule has 1 aliphatic heterocycles. The second-order valence-corrected chi connectivity index (χ2v) is 7.78. The van der Waals surface area contributed by atoms with E-state index in [0.29, 0.717) is 35.1 Å². The number of amides is 2. The van der Waals surface area contributed by atoms with E-state index in [1.54, 1.807) is 53.4 Å². The molecule has 31 heavy (non-hydrogen) atoms. The number of carbonyl (C=O) groups is 2. The normalized spacial score (nSPS) is 14.6. The van der Waals surface area contributed by atoms with Crippen LogP contribution in [0.1, 0.15) is 33.7 Å². The molecule has 1 aliphatic rings. The number of aromatic nitrogens is 2. The van der Waals surface area contributed by atoms with Gasteiger partial charge in [0.05, 0.1) is 5.39 Å². The molecule has 1 saturated heterocycles. The van der Waals surface area contributed by atoms with Gasteiger partial charge in [-0.2, -0.15) is 5.10 Å². The number of fused-ring (bicyclic) bond motifs is 1. The smallest absolute Gasteiger partial charge is 0.276 e. The molecule has 0 atom stereocenters. The van der Waals surface area contributed by atoms with Crippen molar-refractivity contribution in [1.29, 1.82) is 0 Å². The first-order chi connectivity index (χ1) is 15.0. The summed E-state index contributed by atoms with van der Waals surface area (Å²) in [6.45, 7) is 1.36. The SMILES string of the molecule is Cn1nc(C(=O)Nc2cccc(C(=O)N3CCC(CO)CC3)c2)c2ccccc2c1=O. The predicted molar refractivity (Wildman–Crippen MR) is 117 cm³/mol. The second-order valence-electron chi connectivity index (χ2n) is 7.78. The van der Waals surface area contributed by atoms with Crippen molar-refractivity contribution in [2.75, 3.05) is 25.0 Å². The Morgan fingerprint density at radius 2 is 1.81 bits per heavy atom. The van der Waals surface area contributed by atoms with Crippen LogP contribution in [0.5, 0.6) is 0 Å². The average molecular weight is 420 g/mol. The van der Waals surface area contributed by atoms with Crippen molar-refractivity contribution in [1.82, 2.24) is 14.7 Å². The molecule has 2 aromatic carbocycles. The number of carbonyl (C=O) groups excluding carboxylic acids is 2. The lowest BCUT2D eigenvalue weighted by Gasteiger charge is -2.31. The minimum atomic E-state index is -0.458. The van der Waals surface area contributed by atoms with Gasteiger partial charge >= 0.3 is 0 Å². The zero-order valence-corrected chi connectivity index (χ0v) is 17.2. The van der Waals surface area contributed by atoms with E-state index in [-0.39, 0.29) is 29.7 Å². The minimum Gasteiger partial charge on any atom is -0.396 e. The first-order valence-electron chi connectivity index (χ1n) is 10.3. The lowest BCUT2D eigenvalue weighted by atomic mass is 9.97. The molecule has 0 saturated carbocycles. The third-order valence-electron chi connectivity index (χ3n) is 5.70. The molecule has 0 unspecified atom stereocenters. The molecule has 0 radical (unpaired) electrons. The number of piperidine rings is 1. The fraction of sp³-hybridized carbons (Fsp3) is 0.304. The van der Waals surface area contributed by atoms with E-state index in [2.05, 4.69) is 10.4 Å². The van der Waals surface area contributed by atoms with Gasteiger partial charge in [0, 0.05) is 43.4 Å². The summed E-state index contributed by atoms with van der Waals surface area (Å²) in [7, 11) is 1.50. The van der Waals surface area contributed by atoms with Crippen LogP contribution in [0.15, 0.2) is 53.3 Å². The van der Waals surface area contributed by atoms with Crippen LogP contribution in [-0.4, -0.2) is 51.3 Å². The fourth-order valence-corrected chi connectivity index (χ4v) is 3.89. The number of aliphatic hydroxyl groups excluding tert-OH is 1. The molecule has 0 spiro atoms. The Bertz CT molecular complexity index is 1200. The van der Waals surface area contributed by atoms with Crippen molar-refractivity contribution in [3.8, 4) is 0 Å². The van der Waals surface area contributed by atoms with Crippen LogP contribution in [0, 0.1) is 5.92 Å². The summed E-state index contributed by atoms with van der Waals surface area (Å²) in [5.74, 6) is -0.308. The van der Waals surface area contributed by atoms with Gasteiger partial charge in [0.2, 0.25) is 0 Å². The zero-order valence-electron chi connectivity index (χ0n) is 17.2. The first-order valence-corrected chi connectivity index (χ1v) is 10.3. The van der Waals surface area contributed by atoms with Crippen molar-refractivity contribution >= 4 is 28.3 Å². The number of aryl methyl sites for hydroxylation is 1. The van der Waals surface area contributed by atoms with Crippen molar-refractivity contribution in [3.05, 3.63) is 70.1 Å². The number of hydrogen-bond donors (Lipinski definition) is 2. The largest absolute Gasteiger partial charge is 0.396 e. The Morgan fingerprint density at radius 1 is 1.10 bits per heavy atom. The molecule has 2 amide bonds. The van der Waals surface area contributed by atoms with Crippen LogP contribution < -0.4 is 10.9 Å². The third kappa shape index (κ3) is 4.20. The van der Waals surface area contributed by atoms with Crippen LogP contribution in [0.25, 0.3) is 10.8 Å². The maximum absolute atomic E-state index is 12.9. The van der Waals surface area contributed by atoms with Gasteiger partial charge in [-0.1, -0.05) is 24.3 Å². The number of nitrogens with zero attached hydrogens (tertiary/aromatic N) is 3. The highest BCUT2D eigenvalue weighted by Gasteiger charge is 2.23. The molecule has 1 aromatic heterocycles. The van der Waals surface area contributed by atoms with Crippen molar-refractivity contribution in [2.45, 2.75) is 12.8 Å². The molecule has 4 rings (SSSR count). The predicted octanol–water partition coefficient (Wildman–Crippen LogP) is 2.03. The Labute approximate surface area is 179 Å². The molecule has 2 N–H and O–H groups in total. The number of hydrogen-bond acceptors (Lipinski definition) is 5. The van der Waals surface area contributed by atoms with Crippen LogP contribution in [0.2, 0.25) is 0 Å². The number of nitrogens with one attached hydrogen (secondary N) is 1. The van der Waals surface area contributed by atoms with Gasteiger partial charge < -0.3 is 15.3 Å². The van der Waals surface area contributed by atoms with Crippen LogP contribution in [0.3, 0.4) is 0 Å². The standard InChI is InChI=1S/C23H24N4O4/c1-26-23(31)19-8-3-2-7-18(19)20(25-26)21(29)24-17-6-4-5-16(13-17)22(30)27-11-9-15(14-28)10-12-27/h2-8,13,15,28H,9-12,14H2,1H3,(H,24,29). The van der Waals surface area contributed by atoms with Gasteiger partial charge in [-0.05, 0) is 43.0 Å². The van der Waals surface area contributed by atoms with E-state index in [4.69, 9.17) is 0 Å². The maximum atomic E-state index is 12.9. The first kappa shape index (κ1) is 20.7. The summed E-state index contributed by atoms with van der Waals surface area (Å²) >= 11 is 0. The average Bonchev–Trinajstić information content (AvgIpc) is 2.81. The summed E-state index contributed by atoms with van der Waals surface area (Å²) < 4.78 is 1.15. The maximum Gasteiger partial charge on any atom is 0.276 e. The van der Waals surface area contributed by atoms with Crippen molar-refractivity contribution < 1.29 is 14.7 Å². The molecule has 0 bridgehead atoms. The Balaban J connectivity index is 1.55. The van der Waals surface area contributed by atoms with Gasteiger partial charge in [0.15, 0.2) is 5.69 Å². The molecular weight excluding hydrogens is 396 g/mol. The molecule has 8 nitrogen and oxygen atoms in total. The number of anilines is 1. The van der Waals surface area contributed by atoms with Gasteiger partial charge in [-0.15, -0.1) is 0 Å². The van der Waals surface area contributed by atoms with E-state index in [1.807, 2.05) is 0 Å². The van der Waals surface area contributed by atoms with Gasteiger partial charge in [-0.25, -0.2) is 4.68 Å². The van der Waals surface area contributed by atoms with Crippen LogP contribution >= 0.6 is 0 Å². The van der Waals surface area contributed by atoms with E-state index in [0.717, 1.165) is 17.5 Å². The van der Waals surface area contributed by atoms with E-state index in [1.165, 1.54) is 7.05 Å². The molecular formula is C23H24N4O4. The Hall–Kier alpha value is -3.52. The summed E-state index contributed by atoms with van der Waals surface area (Å²) in [6, 6.07) is 13.6. The van der Waals surface area contributed by atoms with Gasteiger partial charge in [0.1, 0.15) is 0 Å². The molecule has 3 aromatic rings. The monoisotopic (exact) mass is 420 g/mol. The highest BCUT2D eigenvalue weighted by Crippen LogP contribution is 2.21. The molecule has 2 heterocycles. The van der Waals surface area contributed by atoms with Crippen molar-refractivity contribution in [3.63, 3.8) is 0 Å². The Kier molecular flexibility index (Phi) is 5.81. The minimum absolute atomic E-state index is 0.0989. The second kappa shape index (κ2) is 8.69. The molecule has 1 fully saturated rings. The summed E-state index contributed by atoms with van der Waals surface area (Å²) in [5, 5.41) is 17.1. The summed E-state index contributed by atoms with van der Waals surface area (Å²) in [6.07, 6.45) is 1.56. The number of benzene rings is 2. The summed E-state index contributed by atoms with van der Waals surface area (Å²) in [4.78, 5) is 39.9. The molecule has 8 heteroatoms. The molecule has 160 valence electrons. The topological polar surface area (TPSA) is 105 Å². The summed E-state index contributed by atoms with van der Waals surface area (Å²) in [5.41, 5.74) is 0.824. The molecule has 0 aliphatic carbocycles. The van der Waals surface area contributed by atoms with Gasteiger partial charge in [-0.3, -0.25) is 14.4 Å². The number of likely N-dealkylation sites (tertiary alicyclic amines) is 1.